The van der Waals surface area contributed by atoms with Gasteiger partial charge in [-0.3, -0.25) is 0 Å². The third kappa shape index (κ3) is 3.28. The van der Waals surface area contributed by atoms with Gasteiger partial charge in [-0.25, -0.2) is 4.98 Å². The lowest BCUT2D eigenvalue weighted by molar-refractivity contribution is 0.313. The third-order valence-corrected chi connectivity index (χ3v) is 4.09. The molecule has 0 bridgehead atoms. The molecule has 4 nitrogen and oxygen atoms in total. The van der Waals surface area contributed by atoms with Gasteiger partial charge in [-0.1, -0.05) is 23.7 Å². The van der Waals surface area contributed by atoms with E-state index in [1.807, 2.05) is 30.3 Å². The molecule has 3 rings (SSSR count). The molecule has 1 fully saturated rings. The number of hydrogen-bond acceptors (Lipinski definition) is 4. The van der Waals surface area contributed by atoms with E-state index in [1.54, 1.807) is 0 Å². The molecule has 1 saturated heterocycles. The van der Waals surface area contributed by atoms with Crippen molar-refractivity contribution >= 4 is 23.1 Å². The molecule has 0 aliphatic carbocycles. The number of benzene rings is 1. The van der Waals surface area contributed by atoms with Crippen LogP contribution in [-0.2, 0) is 0 Å². The molecule has 1 aliphatic heterocycles. The van der Waals surface area contributed by atoms with Crippen molar-refractivity contribution in [3.63, 3.8) is 0 Å². The highest BCUT2D eigenvalue weighted by atomic mass is 35.5. The van der Waals surface area contributed by atoms with Crippen molar-refractivity contribution in [3.05, 3.63) is 41.4 Å². The molecule has 0 saturated carbocycles. The molecule has 1 aliphatic rings. The molecule has 2 aromatic rings. The highest BCUT2D eigenvalue weighted by molar-refractivity contribution is 6.30. The highest BCUT2D eigenvalue weighted by Crippen LogP contribution is 2.26. The molecule has 2 heterocycles. The number of nitrogens with two attached hydrogens (primary N) is 1. The zero-order chi connectivity index (χ0) is 14.8. The number of nitrogens with zero attached hydrogens (tertiary/aromatic N) is 3. The fourth-order valence-corrected chi connectivity index (χ4v) is 2.68. The van der Waals surface area contributed by atoms with Gasteiger partial charge in [-0.05, 0) is 25.2 Å². The van der Waals surface area contributed by atoms with Gasteiger partial charge in [-0.15, -0.1) is 0 Å². The highest BCUT2D eigenvalue weighted by Gasteiger charge is 2.15. The smallest absolute Gasteiger partial charge is 0.126 e. The van der Waals surface area contributed by atoms with Crippen LogP contribution in [0.5, 0.6) is 0 Å². The Morgan fingerprint density at radius 1 is 1.05 bits per heavy atom. The van der Waals surface area contributed by atoms with Gasteiger partial charge < -0.3 is 15.5 Å². The molecule has 110 valence electrons. The largest absolute Gasteiger partial charge is 0.384 e. The molecule has 0 amide bonds. The topological polar surface area (TPSA) is 45.4 Å². The molecular weight excluding hydrogens is 284 g/mol. The van der Waals surface area contributed by atoms with Crippen LogP contribution in [0.1, 0.15) is 0 Å². The van der Waals surface area contributed by atoms with Gasteiger partial charge in [0.2, 0.25) is 0 Å². The number of halogens is 1. The van der Waals surface area contributed by atoms with Crippen LogP contribution in [0, 0.1) is 0 Å². The van der Waals surface area contributed by atoms with Crippen LogP contribution >= 0.6 is 11.6 Å². The lowest BCUT2D eigenvalue weighted by Crippen LogP contribution is -2.44. The Morgan fingerprint density at radius 2 is 1.71 bits per heavy atom. The van der Waals surface area contributed by atoms with Crippen molar-refractivity contribution in [1.29, 1.82) is 0 Å². The molecule has 0 atom stereocenters. The summed E-state index contributed by atoms with van der Waals surface area (Å²) in [7, 11) is 2.15. The summed E-state index contributed by atoms with van der Waals surface area (Å²) in [5.74, 6) is 0.552. The summed E-state index contributed by atoms with van der Waals surface area (Å²) < 4.78 is 0. The monoisotopic (exact) mass is 302 g/mol. The first-order valence-electron chi connectivity index (χ1n) is 7.09. The predicted molar refractivity (Wildman–Crippen MR) is 88.8 cm³/mol. The van der Waals surface area contributed by atoms with Gasteiger partial charge in [0.1, 0.15) is 5.82 Å². The molecule has 5 heteroatoms. The summed E-state index contributed by atoms with van der Waals surface area (Å²) in [4.78, 5) is 9.13. The van der Waals surface area contributed by atoms with Gasteiger partial charge in [0, 0.05) is 48.5 Å². The molecule has 0 unspecified atom stereocenters. The first-order chi connectivity index (χ1) is 10.1. The summed E-state index contributed by atoms with van der Waals surface area (Å²) in [6.45, 7) is 4.16. The molecule has 1 aromatic heterocycles. The number of rotatable bonds is 2. The SMILES string of the molecule is CN1CCN(c2cc(N)nc(-c3ccc(Cl)cc3)c2)CC1. The maximum atomic E-state index is 5.99. The van der Waals surface area contributed by atoms with Gasteiger partial charge >= 0.3 is 0 Å². The second-order valence-corrected chi connectivity index (χ2v) is 5.87. The van der Waals surface area contributed by atoms with Crippen molar-refractivity contribution in [2.24, 2.45) is 0 Å². The summed E-state index contributed by atoms with van der Waals surface area (Å²) in [6, 6.07) is 11.7. The minimum atomic E-state index is 0.552. The first kappa shape index (κ1) is 14.2. The number of likely N-dealkylation sites (N-methyl/N-ethyl adjacent to an activating group) is 1. The van der Waals surface area contributed by atoms with Crippen molar-refractivity contribution in [3.8, 4) is 11.3 Å². The average Bonchev–Trinajstić information content (AvgIpc) is 2.48. The Kier molecular flexibility index (Phi) is 3.99. The van der Waals surface area contributed by atoms with E-state index in [9.17, 15) is 0 Å². The van der Waals surface area contributed by atoms with E-state index in [2.05, 4.69) is 27.9 Å². The second-order valence-electron chi connectivity index (χ2n) is 5.43. The summed E-state index contributed by atoms with van der Waals surface area (Å²) in [5, 5.41) is 0.724. The number of pyridine rings is 1. The van der Waals surface area contributed by atoms with Crippen molar-refractivity contribution in [2.45, 2.75) is 0 Å². The second kappa shape index (κ2) is 5.92. The van der Waals surface area contributed by atoms with E-state index in [-0.39, 0.29) is 0 Å². The minimum Gasteiger partial charge on any atom is -0.384 e. The van der Waals surface area contributed by atoms with Crippen LogP contribution in [0.4, 0.5) is 11.5 Å². The molecule has 0 radical (unpaired) electrons. The standard InChI is InChI=1S/C16H19ClN4/c1-20-6-8-21(9-7-20)14-10-15(19-16(18)11-14)12-2-4-13(17)5-3-12/h2-5,10-11H,6-9H2,1H3,(H2,18,19). The minimum absolute atomic E-state index is 0.552. The average molecular weight is 303 g/mol. The number of piperazine rings is 1. The van der Waals surface area contributed by atoms with E-state index in [4.69, 9.17) is 17.3 Å². The zero-order valence-electron chi connectivity index (χ0n) is 12.1. The fraction of sp³-hybridized carbons (Fsp3) is 0.312. The number of hydrogen-bond donors (Lipinski definition) is 1. The Hall–Kier alpha value is -1.78. The Morgan fingerprint density at radius 3 is 2.38 bits per heavy atom. The van der Waals surface area contributed by atoms with Crippen LogP contribution in [-0.4, -0.2) is 43.1 Å². The van der Waals surface area contributed by atoms with E-state index in [0.29, 0.717) is 5.82 Å². The molecule has 2 N–H and O–H groups in total. The van der Waals surface area contributed by atoms with Crippen LogP contribution in [0.2, 0.25) is 5.02 Å². The van der Waals surface area contributed by atoms with Crippen LogP contribution < -0.4 is 10.6 Å². The zero-order valence-corrected chi connectivity index (χ0v) is 12.8. The van der Waals surface area contributed by atoms with E-state index in [0.717, 1.165) is 48.1 Å². The van der Waals surface area contributed by atoms with Crippen LogP contribution in [0.25, 0.3) is 11.3 Å². The predicted octanol–water partition coefficient (Wildman–Crippen LogP) is 2.74. The number of anilines is 2. The summed E-state index contributed by atoms with van der Waals surface area (Å²) in [5.41, 5.74) is 9.04. The first-order valence-corrected chi connectivity index (χ1v) is 7.46. The summed E-state index contributed by atoms with van der Waals surface area (Å²) >= 11 is 5.94. The van der Waals surface area contributed by atoms with Crippen molar-refractivity contribution in [2.75, 3.05) is 43.9 Å². The van der Waals surface area contributed by atoms with Crippen molar-refractivity contribution in [1.82, 2.24) is 9.88 Å². The third-order valence-electron chi connectivity index (χ3n) is 3.84. The molecule has 0 spiro atoms. The lowest BCUT2D eigenvalue weighted by atomic mass is 10.1. The van der Waals surface area contributed by atoms with Gasteiger partial charge in [-0.2, -0.15) is 0 Å². The molecule has 1 aromatic carbocycles. The maximum absolute atomic E-state index is 5.99. The Labute approximate surface area is 130 Å². The number of nitrogen functional groups attached to an aromatic ring is 1. The van der Waals surface area contributed by atoms with Gasteiger partial charge in [0.15, 0.2) is 0 Å². The Balaban J connectivity index is 1.91. The van der Waals surface area contributed by atoms with Crippen LogP contribution in [0.3, 0.4) is 0 Å². The molecular formula is C16H19ClN4. The van der Waals surface area contributed by atoms with E-state index < -0.39 is 0 Å². The van der Waals surface area contributed by atoms with Gasteiger partial charge in [0.05, 0.1) is 5.69 Å². The normalized spacial score (nSPS) is 16.2. The maximum Gasteiger partial charge on any atom is 0.126 e. The quantitative estimate of drug-likeness (QED) is 0.926. The van der Waals surface area contributed by atoms with Crippen molar-refractivity contribution < 1.29 is 0 Å². The van der Waals surface area contributed by atoms with Crippen LogP contribution in [0.15, 0.2) is 36.4 Å². The molecule has 21 heavy (non-hydrogen) atoms. The summed E-state index contributed by atoms with van der Waals surface area (Å²) in [6.07, 6.45) is 0. The number of aromatic nitrogens is 1. The lowest BCUT2D eigenvalue weighted by Gasteiger charge is -2.34. The Bertz CT molecular complexity index is 619. The van der Waals surface area contributed by atoms with Gasteiger partial charge in [0.25, 0.3) is 0 Å². The van der Waals surface area contributed by atoms with E-state index in [1.165, 1.54) is 0 Å². The van der Waals surface area contributed by atoms with E-state index >= 15 is 0 Å². The fourth-order valence-electron chi connectivity index (χ4n) is 2.55.